The predicted molar refractivity (Wildman–Crippen MR) is 107 cm³/mol. The Morgan fingerprint density at radius 1 is 1.04 bits per heavy atom. The van der Waals surface area contributed by atoms with E-state index in [1.807, 2.05) is 36.4 Å². The second kappa shape index (κ2) is 7.82. The van der Waals surface area contributed by atoms with Gasteiger partial charge in [-0.1, -0.05) is 60.7 Å². The van der Waals surface area contributed by atoms with Crippen molar-refractivity contribution in [2.45, 2.75) is 31.2 Å². The molecular formula is C21H26N2O3S. The Hall–Kier alpha value is -2.18. The first-order chi connectivity index (χ1) is 12.8. The lowest BCUT2D eigenvalue weighted by Crippen LogP contribution is -2.54. The number of hydrogen-bond acceptors (Lipinski definition) is 3. The summed E-state index contributed by atoms with van der Waals surface area (Å²) in [5.74, 6) is -0.184. The summed E-state index contributed by atoms with van der Waals surface area (Å²) in [5.41, 5.74) is 2.07. The van der Waals surface area contributed by atoms with Crippen LogP contribution in [0, 0.1) is 0 Å². The van der Waals surface area contributed by atoms with E-state index >= 15 is 0 Å². The van der Waals surface area contributed by atoms with Gasteiger partial charge in [0.2, 0.25) is 15.9 Å². The fourth-order valence-electron chi connectivity index (χ4n) is 4.04. The van der Waals surface area contributed by atoms with Crippen LogP contribution in [-0.2, 0) is 20.2 Å². The van der Waals surface area contributed by atoms with Gasteiger partial charge in [-0.3, -0.25) is 4.79 Å². The summed E-state index contributed by atoms with van der Waals surface area (Å²) in [5, 5.41) is 0. The minimum absolute atomic E-state index is 0.184. The van der Waals surface area contributed by atoms with Crippen molar-refractivity contribution >= 4 is 15.9 Å². The maximum atomic E-state index is 12.9. The van der Waals surface area contributed by atoms with Crippen molar-refractivity contribution in [2.75, 3.05) is 19.3 Å². The number of benzene rings is 2. The third-order valence-electron chi connectivity index (χ3n) is 5.22. The van der Waals surface area contributed by atoms with Crippen molar-refractivity contribution in [2.24, 2.45) is 0 Å². The van der Waals surface area contributed by atoms with Gasteiger partial charge in [-0.05, 0) is 30.9 Å². The molecule has 1 atom stereocenters. The first-order valence-electron chi connectivity index (χ1n) is 9.19. The molecule has 0 radical (unpaired) electrons. The van der Waals surface area contributed by atoms with Gasteiger partial charge in [0.1, 0.15) is 0 Å². The van der Waals surface area contributed by atoms with E-state index in [0.29, 0.717) is 13.1 Å². The molecule has 3 rings (SSSR count). The molecule has 1 aliphatic heterocycles. The summed E-state index contributed by atoms with van der Waals surface area (Å²) in [7, 11) is -3.44. The second-order valence-electron chi connectivity index (χ2n) is 7.29. The Morgan fingerprint density at radius 3 is 2.04 bits per heavy atom. The maximum absolute atomic E-state index is 12.9. The van der Waals surface area contributed by atoms with Crippen molar-refractivity contribution in [1.82, 2.24) is 9.62 Å². The van der Waals surface area contributed by atoms with E-state index in [2.05, 4.69) is 29.0 Å². The van der Waals surface area contributed by atoms with Gasteiger partial charge in [0.25, 0.3) is 0 Å². The SMILES string of the molecule is C[C@@H](NS(C)(=O)=O)C(=O)N1CCCC(c2ccccc2)(c2ccccc2)C1. The Balaban J connectivity index is 1.95. The van der Waals surface area contributed by atoms with Gasteiger partial charge < -0.3 is 4.90 Å². The Bertz CT molecular complexity index is 843. The minimum Gasteiger partial charge on any atom is -0.340 e. The average Bonchev–Trinajstić information content (AvgIpc) is 2.67. The lowest BCUT2D eigenvalue weighted by Gasteiger charge is -2.44. The summed E-state index contributed by atoms with van der Waals surface area (Å²) < 4.78 is 25.4. The molecule has 0 unspecified atom stereocenters. The highest BCUT2D eigenvalue weighted by Gasteiger charge is 2.40. The van der Waals surface area contributed by atoms with E-state index in [-0.39, 0.29) is 11.3 Å². The Morgan fingerprint density at radius 2 is 1.56 bits per heavy atom. The number of nitrogens with zero attached hydrogens (tertiary/aromatic N) is 1. The normalized spacial score (nSPS) is 18.1. The minimum atomic E-state index is -3.44. The molecule has 1 fully saturated rings. The predicted octanol–water partition coefficient (Wildman–Crippen LogP) is 2.53. The van der Waals surface area contributed by atoms with E-state index in [0.717, 1.165) is 19.1 Å². The number of piperidine rings is 1. The molecule has 1 saturated heterocycles. The van der Waals surface area contributed by atoms with Crippen LogP contribution in [0.5, 0.6) is 0 Å². The second-order valence-corrected chi connectivity index (χ2v) is 9.07. The van der Waals surface area contributed by atoms with Gasteiger partial charge in [-0.25, -0.2) is 13.1 Å². The molecule has 5 nitrogen and oxygen atoms in total. The van der Waals surface area contributed by atoms with Gasteiger partial charge in [0.05, 0.1) is 12.3 Å². The molecule has 144 valence electrons. The standard InChI is InChI=1S/C21H26N2O3S/c1-17(22-27(2,25)26)20(24)23-15-9-14-21(16-23,18-10-5-3-6-11-18)19-12-7-4-8-13-19/h3-8,10-13,17,22H,9,14-16H2,1-2H3/t17-/m1/s1. The summed E-state index contributed by atoms with van der Waals surface area (Å²) >= 11 is 0. The molecule has 27 heavy (non-hydrogen) atoms. The van der Waals surface area contributed by atoms with Crippen LogP contribution < -0.4 is 4.72 Å². The molecule has 1 heterocycles. The van der Waals surface area contributed by atoms with Crippen molar-refractivity contribution in [3.8, 4) is 0 Å². The molecule has 1 N–H and O–H groups in total. The molecule has 2 aromatic rings. The Labute approximate surface area is 161 Å². The van der Waals surface area contributed by atoms with Crippen molar-refractivity contribution in [3.63, 3.8) is 0 Å². The number of sulfonamides is 1. The fourth-order valence-corrected chi connectivity index (χ4v) is 4.78. The van der Waals surface area contributed by atoms with Crippen LogP contribution in [0.15, 0.2) is 60.7 Å². The smallest absolute Gasteiger partial charge is 0.240 e. The van der Waals surface area contributed by atoms with Gasteiger partial charge in [-0.2, -0.15) is 0 Å². The fraction of sp³-hybridized carbons (Fsp3) is 0.381. The molecule has 1 amide bonds. The van der Waals surface area contributed by atoms with Crippen LogP contribution >= 0.6 is 0 Å². The third kappa shape index (κ3) is 4.39. The summed E-state index contributed by atoms with van der Waals surface area (Å²) in [6.45, 7) is 2.77. The first kappa shape index (κ1) is 19.6. The molecular weight excluding hydrogens is 360 g/mol. The number of carbonyl (C=O) groups excluding carboxylic acids is 1. The number of rotatable bonds is 5. The molecule has 0 saturated carbocycles. The lowest BCUT2D eigenvalue weighted by molar-refractivity contribution is -0.134. The van der Waals surface area contributed by atoms with E-state index in [9.17, 15) is 13.2 Å². The molecule has 0 aromatic heterocycles. The van der Waals surface area contributed by atoms with E-state index < -0.39 is 16.1 Å². The van der Waals surface area contributed by atoms with Crippen LogP contribution in [0.4, 0.5) is 0 Å². The first-order valence-corrected chi connectivity index (χ1v) is 11.1. The van der Waals surface area contributed by atoms with E-state index in [1.54, 1.807) is 11.8 Å². The quantitative estimate of drug-likeness (QED) is 0.859. The third-order valence-corrected chi connectivity index (χ3v) is 6.00. The molecule has 6 heteroatoms. The van der Waals surface area contributed by atoms with Crippen LogP contribution in [0.3, 0.4) is 0 Å². The summed E-state index contributed by atoms with van der Waals surface area (Å²) in [6, 6.07) is 19.7. The van der Waals surface area contributed by atoms with Crippen molar-refractivity contribution < 1.29 is 13.2 Å². The average molecular weight is 387 g/mol. The highest BCUT2D eigenvalue weighted by Crippen LogP contribution is 2.40. The summed E-state index contributed by atoms with van der Waals surface area (Å²) in [4.78, 5) is 14.7. The van der Waals surface area contributed by atoms with Gasteiger partial charge in [-0.15, -0.1) is 0 Å². The zero-order valence-electron chi connectivity index (χ0n) is 15.8. The molecule has 2 aromatic carbocycles. The number of carbonyl (C=O) groups is 1. The van der Waals surface area contributed by atoms with E-state index in [4.69, 9.17) is 0 Å². The van der Waals surface area contributed by atoms with Crippen LogP contribution in [-0.4, -0.2) is 44.6 Å². The topological polar surface area (TPSA) is 66.5 Å². The molecule has 0 aliphatic carbocycles. The van der Waals surface area contributed by atoms with E-state index in [1.165, 1.54) is 11.1 Å². The van der Waals surface area contributed by atoms with Crippen LogP contribution in [0.2, 0.25) is 0 Å². The number of amides is 1. The number of hydrogen-bond donors (Lipinski definition) is 1. The molecule has 1 aliphatic rings. The number of likely N-dealkylation sites (tertiary alicyclic amines) is 1. The molecule has 0 bridgehead atoms. The van der Waals surface area contributed by atoms with Crippen LogP contribution in [0.25, 0.3) is 0 Å². The maximum Gasteiger partial charge on any atom is 0.240 e. The van der Waals surface area contributed by atoms with Crippen LogP contribution in [0.1, 0.15) is 30.9 Å². The molecule has 0 spiro atoms. The van der Waals surface area contributed by atoms with Gasteiger partial charge in [0, 0.05) is 18.5 Å². The Kier molecular flexibility index (Phi) is 5.67. The lowest BCUT2D eigenvalue weighted by atomic mass is 9.69. The highest BCUT2D eigenvalue weighted by molar-refractivity contribution is 7.88. The summed E-state index contributed by atoms with van der Waals surface area (Å²) in [6.07, 6.45) is 2.88. The van der Waals surface area contributed by atoms with Gasteiger partial charge in [0.15, 0.2) is 0 Å². The zero-order chi connectivity index (χ0) is 19.5. The van der Waals surface area contributed by atoms with Crippen molar-refractivity contribution in [1.29, 1.82) is 0 Å². The van der Waals surface area contributed by atoms with Crippen molar-refractivity contribution in [3.05, 3.63) is 71.8 Å². The zero-order valence-corrected chi connectivity index (χ0v) is 16.6. The highest BCUT2D eigenvalue weighted by atomic mass is 32.2. The number of nitrogens with one attached hydrogen (secondary N) is 1. The monoisotopic (exact) mass is 386 g/mol. The van der Waals surface area contributed by atoms with Gasteiger partial charge >= 0.3 is 0 Å². The largest absolute Gasteiger partial charge is 0.340 e.